The topological polar surface area (TPSA) is 226 Å². The second-order valence-corrected chi connectivity index (χ2v) is 13.7. The van der Waals surface area contributed by atoms with E-state index in [-0.39, 0.29) is 56.1 Å². The first-order valence-electron chi connectivity index (χ1n) is 17.9. The van der Waals surface area contributed by atoms with E-state index in [1.807, 2.05) is 20.8 Å². The highest BCUT2D eigenvalue weighted by Crippen LogP contribution is 2.23. The zero-order chi connectivity index (χ0) is 46.1. The summed E-state index contributed by atoms with van der Waals surface area (Å²) >= 11 is 0. The molecule has 5 atom stereocenters. The Hall–Kier alpha value is -5.29. The van der Waals surface area contributed by atoms with E-state index in [2.05, 4.69) is 10.6 Å². The highest BCUT2D eigenvalue weighted by molar-refractivity contribution is 5.96. The van der Waals surface area contributed by atoms with Crippen molar-refractivity contribution in [3.05, 3.63) is 71.0 Å². The number of carboxylic acid groups (broad SMARTS) is 3. The van der Waals surface area contributed by atoms with Crippen LogP contribution in [0.4, 0.5) is 39.5 Å². The number of nitrogens with one attached hydrogen (secondary N) is 2. The summed E-state index contributed by atoms with van der Waals surface area (Å²) in [5, 5.41) is 30.2. The number of nitrogens with zero attached hydrogens (tertiary/aromatic N) is 1. The van der Waals surface area contributed by atoms with Crippen LogP contribution < -0.4 is 16.4 Å². The minimum atomic E-state index is -5.08. The second-order valence-electron chi connectivity index (χ2n) is 13.7. The number of carboxylic acids is 3. The Morgan fingerprint density at radius 1 is 0.867 bits per heavy atom. The van der Waals surface area contributed by atoms with Gasteiger partial charge in [-0.2, -0.15) is 26.3 Å². The first-order valence-corrected chi connectivity index (χ1v) is 17.9. The zero-order valence-corrected chi connectivity index (χ0v) is 32.3. The lowest BCUT2D eigenvalue weighted by atomic mass is 9.99. The molecule has 0 radical (unpaired) electrons. The average molecular weight is 877 g/mol. The van der Waals surface area contributed by atoms with Crippen molar-refractivity contribution in [1.82, 2.24) is 15.5 Å². The van der Waals surface area contributed by atoms with Crippen molar-refractivity contribution < 1.29 is 88.3 Å². The van der Waals surface area contributed by atoms with Gasteiger partial charge >= 0.3 is 30.3 Å². The number of benzene rings is 2. The highest BCUT2D eigenvalue weighted by Gasteiger charge is 2.43. The summed E-state index contributed by atoms with van der Waals surface area (Å²) in [7, 11) is 0. The smallest absolute Gasteiger partial charge is 0.480 e. The van der Waals surface area contributed by atoms with Crippen LogP contribution in [0.2, 0.25) is 0 Å². The molecular formula is C37H45F9N4O10. The summed E-state index contributed by atoms with van der Waals surface area (Å²) < 4.78 is 110. The number of carbonyl (C=O) groups is 6. The lowest BCUT2D eigenvalue weighted by Gasteiger charge is -2.31. The van der Waals surface area contributed by atoms with Crippen molar-refractivity contribution in [2.75, 3.05) is 19.8 Å². The molecular weight excluding hydrogens is 831 g/mol. The second kappa shape index (κ2) is 24.1. The van der Waals surface area contributed by atoms with Crippen molar-refractivity contribution in [1.29, 1.82) is 0 Å². The van der Waals surface area contributed by atoms with Crippen LogP contribution in [0.5, 0.6) is 0 Å². The third-order valence-electron chi connectivity index (χ3n) is 8.23. The van der Waals surface area contributed by atoms with Gasteiger partial charge in [-0.15, -0.1) is 0 Å². The van der Waals surface area contributed by atoms with E-state index in [9.17, 15) is 63.8 Å². The van der Waals surface area contributed by atoms with E-state index in [1.54, 1.807) is 30.3 Å². The first-order chi connectivity index (χ1) is 27.7. The molecule has 7 N–H and O–H groups in total. The van der Waals surface area contributed by atoms with Gasteiger partial charge in [0.25, 0.3) is 0 Å². The Labute approximate surface area is 337 Å². The lowest BCUT2D eigenvalue weighted by molar-refractivity contribution is -0.193. The van der Waals surface area contributed by atoms with Crippen LogP contribution in [-0.4, -0.2) is 118 Å². The molecule has 336 valence electrons. The molecule has 2 aromatic rings. The molecule has 0 aromatic heterocycles. The van der Waals surface area contributed by atoms with Gasteiger partial charge < -0.3 is 41.3 Å². The van der Waals surface area contributed by atoms with Crippen LogP contribution in [0.3, 0.4) is 0 Å². The van der Waals surface area contributed by atoms with Crippen molar-refractivity contribution in [2.45, 2.75) is 95.4 Å². The number of halogens is 9. The lowest BCUT2D eigenvalue weighted by Crippen LogP contribution is -2.54. The molecule has 1 aliphatic rings. The first kappa shape index (κ1) is 52.7. The van der Waals surface area contributed by atoms with Gasteiger partial charge in [0.05, 0.1) is 12.6 Å². The highest BCUT2D eigenvalue weighted by atomic mass is 19.4. The molecule has 23 heteroatoms. The van der Waals surface area contributed by atoms with Crippen molar-refractivity contribution >= 4 is 35.5 Å². The molecule has 1 heterocycles. The van der Waals surface area contributed by atoms with Gasteiger partial charge in [-0.25, -0.2) is 27.6 Å². The summed E-state index contributed by atoms with van der Waals surface area (Å²) in [6, 6.07) is 5.65. The third-order valence-corrected chi connectivity index (χ3v) is 8.23. The maximum absolute atomic E-state index is 14.0. The molecule has 60 heavy (non-hydrogen) atoms. The summed E-state index contributed by atoms with van der Waals surface area (Å²) in [5.41, 5.74) is 6.33. The molecule has 2 aromatic carbocycles. The maximum atomic E-state index is 14.0. The fourth-order valence-electron chi connectivity index (χ4n) is 5.61. The van der Waals surface area contributed by atoms with E-state index < -0.39 is 89.7 Å². The van der Waals surface area contributed by atoms with E-state index in [0.717, 1.165) is 0 Å². The van der Waals surface area contributed by atoms with Crippen molar-refractivity contribution in [3.63, 3.8) is 0 Å². The summed E-state index contributed by atoms with van der Waals surface area (Å²) in [6.45, 7) is 6.14. The maximum Gasteiger partial charge on any atom is 0.490 e. The minimum Gasteiger partial charge on any atom is -0.480 e. The molecule has 3 rings (SSSR count). The number of amides is 2. The van der Waals surface area contributed by atoms with Gasteiger partial charge in [0, 0.05) is 62.2 Å². The predicted molar refractivity (Wildman–Crippen MR) is 192 cm³/mol. The van der Waals surface area contributed by atoms with Gasteiger partial charge in [0.15, 0.2) is 17.4 Å². The number of alkyl halides is 6. The number of hydrogen-bond acceptors (Lipinski definition) is 9. The normalized spacial score (nSPS) is 16.7. The standard InChI is InChI=1S/C33H43F3N4O6.2C2HF3O2/c1-4-46-18-24(15-30(41)20-8-6-5-7-9-20)38-28(10-19(2)3)32(43)40-17-23(14-29(40)33(44)45)39-31(42)13-22(37)11-21-12-26(35)27(36)16-25(21)34;2*3-2(4,5)1(6)7/h5-9,12,16,19,22-24,28-29,38H,4,10-11,13-15,17-18,37H2,1-3H3,(H,39,42)(H,44,45);2*(H,6,7)/t22-,23+,24?,28+,29+;;/m1../s1. The predicted octanol–water partition coefficient (Wildman–Crippen LogP) is 4.48. The SMILES string of the molecule is CCOCC(CC(=O)c1ccccc1)N[C@@H](CC(C)C)C(=O)N1C[C@@H](NC(=O)C[C@H](N)Cc2cc(F)c(F)cc2F)C[C@H]1C(=O)O.O=C(O)C(F)(F)F.O=C(O)C(F)(F)F. The summed E-state index contributed by atoms with van der Waals surface area (Å²) in [6.07, 6.45) is -10.3. The van der Waals surface area contributed by atoms with E-state index in [0.29, 0.717) is 30.7 Å². The quantitative estimate of drug-likeness (QED) is 0.0735. The van der Waals surface area contributed by atoms with Gasteiger partial charge in [0.2, 0.25) is 11.8 Å². The van der Waals surface area contributed by atoms with Crippen LogP contribution >= 0.6 is 0 Å². The number of nitrogens with two attached hydrogens (primary N) is 1. The average Bonchev–Trinajstić information content (AvgIpc) is 3.56. The number of ketones is 1. The van der Waals surface area contributed by atoms with Gasteiger partial charge in [-0.3, -0.25) is 14.4 Å². The monoisotopic (exact) mass is 876 g/mol. The van der Waals surface area contributed by atoms with Gasteiger partial charge in [0.1, 0.15) is 11.9 Å². The fourth-order valence-corrected chi connectivity index (χ4v) is 5.61. The molecule has 1 saturated heterocycles. The Morgan fingerprint density at radius 2 is 1.40 bits per heavy atom. The molecule has 0 saturated carbocycles. The van der Waals surface area contributed by atoms with Crippen LogP contribution in [0.25, 0.3) is 0 Å². The largest absolute Gasteiger partial charge is 0.490 e. The van der Waals surface area contributed by atoms with Gasteiger partial charge in [-0.05, 0) is 37.3 Å². The molecule has 0 aliphatic carbocycles. The Balaban J connectivity index is 0.00000110. The van der Waals surface area contributed by atoms with Gasteiger partial charge in [-0.1, -0.05) is 44.2 Å². The number of aliphatic carboxylic acids is 3. The molecule has 1 fully saturated rings. The number of rotatable bonds is 17. The van der Waals surface area contributed by atoms with E-state index in [4.69, 9.17) is 30.3 Å². The molecule has 2 amide bonds. The summed E-state index contributed by atoms with van der Waals surface area (Å²) in [4.78, 5) is 70.9. The molecule has 0 bridgehead atoms. The Morgan fingerprint density at radius 3 is 1.88 bits per heavy atom. The third kappa shape index (κ3) is 18.7. The Kier molecular flexibility index (Phi) is 21.2. The van der Waals surface area contributed by atoms with Crippen molar-refractivity contribution in [2.24, 2.45) is 11.7 Å². The van der Waals surface area contributed by atoms with Crippen molar-refractivity contribution in [3.8, 4) is 0 Å². The number of ether oxygens (including phenoxy) is 1. The number of Topliss-reactive ketones (excluding diaryl/α,β-unsaturated/α-hetero) is 1. The minimum absolute atomic E-state index is 0.0429. The fraction of sp³-hybridized carbons (Fsp3) is 0.514. The molecule has 1 unspecified atom stereocenters. The van der Waals surface area contributed by atoms with E-state index in [1.165, 1.54) is 4.90 Å². The molecule has 0 spiro atoms. The van der Waals surface area contributed by atoms with Crippen LogP contribution in [0.1, 0.15) is 62.4 Å². The molecule has 1 aliphatic heterocycles. The summed E-state index contributed by atoms with van der Waals surface area (Å²) in [5.74, 6) is -11.4. The Bertz CT molecular complexity index is 1740. The zero-order valence-electron chi connectivity index (χ0n) is 32.3. The van der Waals surface area contributed by atoms with Crippen LogP contribution in [0, 0.1) is 23.4 Å². The molecule has 14 nitrogen and oxygen atoms in total. The van der Waals surface area contributed by atoms with Crippen LogP contribution in [0.15, 0.2) is 42.5 Å². The number of carbonyl (C=O) groups excluding carboxylic acids is 3. The van der Waals surface area contributed by atoms with E-state index >= 15 is 0 Å². The number of likely N-dealkylation sites (tertiary alicyclic amines) is 1. The number of hydrogen-bond donors (Lipinski definition) is 6. The van der Waals surface area contributed by atoms with Crippen LogP contribution in [-0.2, 0) is 35.1 Å².